The van der Waals surface area contributed by atoms with Gasteiger partial charge in [0.05, 0.1) is 4.92 Å². The Morgan fingerprint density at radius 3 is 2.53 bits per heavy atom. The van der Waals surface area contributed by atoms with Crippen LogP contribution in [-0.2, 0) is 0 Å². The highest BCUT2D eigenvalue weighted by Crippen LogP contribution is 2.36. The summed E-state index contributed by atoms with van der Waals surface area (Å²) in [6.07, 6.45) is -6.45. The van der Waals surface area contributed by atoms with E-state index in [0.29, 0.717) is 0 Å². The summed E-state index contributed by atoms with van der Waals surface area (Å²) in [6, 6.07) is 5.84. The van der Waals surface area contributed by atoms with Crippen molar-refractivity contribution in [1.29, 1.82) is 0 Å². The number of fused-ring (bicyclic) bond motifs is 1. The molecule has 4 nitrogen and oxygen atoms in total. The highest BCUT2D eigenvalue weighted by atomic mass is 19.4. The monoisotopic (exact) mass is 245 g/mol. The molecule has 0 N–H and O–H groups in total. The molecule has 17 heavy (non-hydrogen) atoms. The lowest BCUT2D eigenvalue weighted by Crippen LogP contribution is -2.40. The minimum atomic E-state index is -4.81. The average Bonchev–Trinajstić information content (AvgIpc) is 2.26. The molecule has 90 valence electrons. The fourth-order valence-electron chi connectivity index (χ4n) is 1.51. The number of para-hydroxylation sites is 1. The summed E-state index contributed by atoms with van der Waals surface area (Å²) in [5.74, 6) is -0.0135. The Hall–Kier alpha value is -2.05. The quantitative estimate of drug-likeness (QED) is 0.564. The van der Waals surface area contributed by atoms with E-state index < -0.39 is 22.9 Å². The second kappa shape index (κ2) is 3.76. The molecule has 1 aliphatic heterocycles. The van der Waals surface area contributed by atoms with Gasteiger partial charge in [-0.05, 0) is 6.07 Å². The van der Waals surface area contributed by atoms with Crippen molar-refractivity contribution in [3.05, 3.63) is 45.6 Å². The van der Waals surface area contributed by atoms with Crippen molar-refractivity contribution in [2.75, 3.05) is 0 Å². The highest BCUT2D eigenvalue weighted by molar-refractivity contribution is 5.61. The molecule has 0 aromatic heterocycles. The Labute approximate surface area is 93.5 Å². The van der Waals surface area contributed by atoms with E-state index in [-0.39, 0.29) is 11.3 Å². The van der Waals surface area contributed by atoms with Crippen molar-refractivity contribution in [3.63, 3.8) is 0 Å². The average molecular weight is 245 g/mol. The summed E-state index contributed by atoms with van der Waals surface area (Å²) in [5.41, 5.74) is -0.740. The fourth-order valence-corrected chi connectivity index (χ4v) is 1.51. The molecule has 0 radical (unpaired) electrons. The Kier molecular flexibility index (Phi) is 2.53. The summed E-state index contributed by atoms with van der Waals surface area (Å²) < 4.78 is 42.4. The van der Waals surface area contributed by atoms with Gasteiger partial charge in [-0.25, -0.2) is 0 Å². The maximum atomic E-state index is 12.6. The normalized spacial score (nSPS) is 19.0. The van der Waals surface area contributed by atoms with Gasteiger partial charge in [-0.2, -0.15) is 13.2 Å². The van der Waals surface area contributed by atoms with E-state index >= 15 is 0 Å². The van der Waals surface area contributed by atoms with E-state index in [1.807, 2.05) is 0 Å². The molecule has 1 aliphatic rings. The van der Waals surface area contributed by atoms with Crippen LogP contribution < -0.4 is 4.74 Å². The third kappa shape index (κ3) is 2.08. The Morgan fingerprint density at radius 2 is 1.94 bits per heavy atom. The Bertz CT molecular complexity index is 496. The van der Waals surface area contributed by atoms with E-state index in [1.54, 1.807) is 6.07 Å². The predicted octanol–water partition coefficient (Wildman–Crippen LogP) is 2.63. The molecule has 0 aliphatic carbocycles. The lowest BCUT2D eigenvalue weighted by atomic mass is 10.1. The van der Waals surface area contributed by atoms with E-state index in [1.165, 1.54) is 18.2 Å². The first-order valence-electron chi connectivity index (χ1n) is 4.58. The van der Waals surface area contributed by atoms with Crippen LogP contribution >= 0.6 is 0 Å². The fraction of sp³-hybridized carbons (Fsp3) is 0.200. The minimum absolute atomic E-state index is 0.0135. The van der Waals surface area contributed by atoms with Crippen LogP contribution in [0.2, 0.25) is 0 Å². The number of hydrogen-bond acceptors (Lipinski definition) is 3. The first-order valence-corrected chi connectivity index (χ1v) is 4.58. The van der Waals surface area contributed by atoms with Gasteiger partial charge in [0.15, 0.2) is 0 Å². The molecule has 0 spiro atoms. The molecular weight excluding hydrogens is 239 g/mol. The minimum Gasteiger partial charge on any atom is -0.469 e. The van der Waals surface area contributed by atoms with Gasteiger partial charge in [-0.3, -0.25) is 10.1 Å². The summed E-state index contributed by atoms with van der Waals surface area (Å²) in [7, 11) is 0. The van der Waals surface area contributed by atoms with Crippen LogP contribution in [0.15, 0.2) is 30.0 Å². The summed E-state index contributed by atoms with van der Waals surface area (Å²) >= 11 is 0. The van der Waals surface area contributed by atoms with Crippen molar-refractivity contribution in [1.82, 2.24) is 0 Å². The van der Waals surface area contributed by atoms with Gasteiger partial charge in [-0.15, -0.1) is 0 Å². The van der Waals surface area contributed by atoms with Crippen LogP contribution in [0.4, 0.5) is 13.2 Å². The second-order valence-corrected chi connectivity index (χ2v) is 3.40. The zero-order chi connectivity index (χ0) is 12.6. The largest absolute Gasteiger partial charge is 0.469 e. The number of rotatable bonds is 1. The number of ether oxygens (including phenoxy) is 1. The number of halogens is 3. The van der Waals surface area contributed by atoms with Crippen LogP contribution in [0.1, 0.15) is 5.56 Å². The third-order valence-electron chi connectivity index (χ3n) is 2.24. The number of nitrogens with zero attached hydrogens (tertiary/aromatic N) is 1. The van der Waals surface area contributed by atoms with Crippen LogP contribution in [0.25, 0.3) is 6.08 Å². The molecule has 1 heterocycles. The number of nitro groups is 1. The van der Waals surface area contributed by atoms with E-state index in [0.717, 1.165) is 6.08 Å². The first kappa shape index (κ1) is 11.4. The number of hydrogen-bond donors (Lipinski definition) is 0. The maximum Gasteiger partial charge on any atom is 0.436 e. The lowest BCUT2D eigenvalue weighted by molar-refractivity contribution is -0.443. The summed E-state index contributed by atoms with van der Waals surface area (Å²) in [4.78, 5) is 9.50. The Balaban J connectivity index is 2.51. The Morgan fingerprint density at radius 1 is 1.29 bits per heavy atom. The van der Waals surface area contributed by atoms with Crippen molar-refractivity contribution in [3.8, 4) is 5.75 Å². The van der Waals surface area contributed by atoms with Crippen molar-refractivity contribution < 1.29 is 22.8 Å². The van der Waals surface area contributed by atoms with Gasteiger partial charge in [0.25, 0.3) is 11.8 Å². The van der Waals surface area contributed by atoms with Gasteiger partial charge in [-0.1, -0.05) is 18.2 Å². The smallest absolute Gasteiger partial charge is 0.436 e. The number of benzene rings is 1. The zero-order valence-corrected chi connectivity index (χ0v) is 8.27. The van der Waals surface area contributed by atoms with Gasteiger partial charge in [0.1, 0.15) is 5.75 Å². The number of alkyl halides is 3. The van der Waals surface area contributed by atoms with E-state index in [4.69, 9.17) is 0 Å². The first-order chi connectivity index (χ1) is 7.89. The molecule has 1 aromatic carbocycles. The second-order valence-electron chi connectivity index (χ2n) is 3.40. The molecule has 1 atom stereocenters. The van der Waals surface area contributed by atoms with Crippen molar-refractivity contribution in [2.45, 2.75) is 12.3 Å². The van der Waals surface area contributed by atoms with Crippen LogP contribution in [0.5, 0.6) is 5.75 Å². The van der Waals surface area contributed by atoms with E-state index in [2.05, 4.69) is 4.74 Å². The molecule has 2 rings (SSSR count). The van der Waals surface area contributed by atoms with Crippen molar-refractivity contribution in [2.24, 2.45) is 0 Å². The molecule has 7 heteroatoms. The molecule has 0 saturated carbocycles. The maximum absolute atomic E-state index is 12.6. The zero-order valence-electron chi connectivity index (χ0n) is 8.27. The summed E-state index contributed by atoms with van der Waals surface area (Å²) in [5, 5.41) is 10.6. The van der Waals surface area contributed by atoms with Gasteiger partial charge >= 0.3 is 6.18 Å². The summed E-state index contributed by atoms with van der Waals surface area (Å²) in [6.45, 7) is 0. The topological polar surface area (TPSA) is 52.4 Å². The van der Waals surface area contributed by atoms with Crippen LogP contribution in [0, 0.1) is 10.1 Å². The molecule has 0 unspecified atom stereocenters. The third-order valence-corrected chi connectivity index (χ3v) is 2.24. The van der Waals surface area contributed by atoms with Gasteiger partial charge < -0.3 is 4.74 Å². The van der Waals surface area contributed by atoms with E-state index in [9.17, 15) is 23.3 Å². The van der Waals surface area contributed by atoms with Crippen LogP contribution in [0.3, 0.4) is 0 Å². The highest BCUT2D eigenvalue weighted by Gasteiger charge is 2.51. The molecular formula is C10H6F3NO3. The lowest BCUT2D eigenvalue weighted by Gasteiger charge is -2.23. The molecule has 0 amide bonds. The predicted molar refractivity (Wildman–Crippen MR) is 51.9 cm³/mol. The van der Waals surface area contributed by atoms with Crippen molar-refractivity contribution >= 4 is 6.08 Å². The molecule has 0 saturated heterocycles. The molecule has 0 fully saturated rings. The van der Waals surface area contributed by atoms with Gasteiger partial charge in [0.2, 0.25) is 0 Å². The standard InChI is InChI=1S/C10H6F3NO3/c11-10(12,13)9-7(14(15)16)5-6-3-1-2-4-8(6)17-9/h1-5,9H/t9-/m1/s1. The SMILES string of the molecule is O=[N+]([O-])C1=Cc2ccccc2O[C@H]1C(F)(F)F. The molecule has 1 aromatic rings. The molecule has 0 bridgehead atoms. The van der Waals surface area contributed by atoms with Gasteiger partial charge in [0, 0.05) is 11.6 Å². The van der Waals surface area contributed by atoms with Crippen LogP contribution in [-0.4, -0.2) is 17.2 Å².